The number of aliphatic hydroxyl groups excluding tert-OH is 2. The summed E-state index contributed by atoms with van der Waals surface area (Å²) in [6, 6.07) is 46.8. The third-order valence-electron chi connectivity index (χ3n) is 8.74. The largest absolute Gasteiger partial charge is 0.387 e. The Morgan fingerprint density at radius 2 is 0.926 bits per heavy atom. The molecule has 0 saturated heterocycles. The predicted octanol–water partition coefficient (Wildman–Crippen LogP) is 7.14. The molecule has 3 unspecified atom stereocenters. The number of benzene rings is 5. The molecule has 5 aromatic rings. The number of carbonyl (C=O) groups excluding carboxylic acids is 1. The number of hydroxylamine groups is 2. The molecule has 1 amide bonds. The molecule has 11 heteroatoms. The van der Waals surface area contributed by atoms with Gasteiger partial charge in [0, 0.05) is 6.66 Å². The van der Waals surface area contributed by atoms with Gasteiger partial charge in [0.2, 0.25) is 13.8 Å². The lowest BCUT2D eigenvalue weighted by Crippen LogP contribution is -2.54. The number of rotatable bonds is 23. The number of nitrogens with zero attached hydrogens (tertiary/aromatic N) is 1. The van der Waals surface area contributed by atoms with E-state index in [4.69, 9.17) is 23.6 Å². The van der Waals surface area contributed by atoms with Crippen LogP contribution in [0.3, 0.4) is 0 Å². The Bertz CT molecular complexity index is 1820. The van der Waals surface area contributed by atoms with Gasteiger partial charge in [-0.3, -0.25) is 14.2 Å². The molecule has 2 N–H and O–H groups in total. The molecule has 0 heterocycles. The molecule has 0 aliphatic heterocycles. The summed E-state index contributed by atoms with van der Waals surface area (Å²) >= 11 is 0. The first-order valence-corrected chi connectivity index (χ1v) is 19.9. The Kier molecular flexibility index (Phi) is 16.1. The summed E-state index contributed by atoms with van der Waals surface area (Å²) in [4.78, 5) is 18.4. The Morgan fingerprint density at radius 1 is 0.556 bits per heavy atom. The molecule has 0 fully saturated rings. The third kappa shape index (κ3) is 12.8. The van der Waals surface area contributed by atoms with Crippen LogP contribution in [0.2, 0.25) is 0 Å². The molecule has 0 aliphatic carbocycles. The summed E-state index contributed by atoms with van der Waals surface area (Å²) in [6.45, 7) is 1.37. The lowest BCUT2D eigenvalue weighted by molar-refractivity contribution is -0.219. The van der Waals surface area contributed by atoms with Gasteiger partial charge in [0.1, 0.15) is 31.0 Å². The molecule has 0 aromatic heterocycles. The zero-order valence-electron chi connectivity index (χ0n) is 30.3. The number of carbonyl (C=O) groups is 1. The van der Waals surface area contributed by atoms with Crippen LogP contribution in [0.15, 0.2) is 152 Å². The highest BCUT2D eigenvalue weighted by molar-refractivity contribution is 7.58. The second-order valence-corrected chi connectivity index (χ2v) is 15.5. The van der Waals surface area contributed by atoms with Crippen LogP contribution >= 0.6 is 7.37 Å². The summed E-state index contributed by atoms with van der Waals surface area (Å²) in [7, 11) is -3.90. The fraction of sp³-hybridized carbons (Fsp3) is 0.279. The van der Waals surface area contributed by atoms with Gasteiger partial charge in [0.05, 0.1) is 33.0 Å². The lowest BCUT2D eigenvalue weighted by atomic mass is 10.0. The summed E-state index contributed by atoms with van der Waals surface area (Å²) < 4.78 is 39.4. The van der Waals surface area contributed by atoms with Crippen LogP contribution in [-0.2, 0) is 66.0 Å². The Balaban J connectivity index is 1.49. The smallest absolute Gasteiger partial charge is 0.233 e. The van der Waals surface area contributed by atoms with Gasteiger partial charge in [0.25, 0.3) is 0 Å². The molecule has 54 heavy (non-hydrogen) atoms. The zero-order chi connectivity index (χ0) is 38.0. The predicted molar refractivity (Wildman–Crippen MR) is 206 cm³/mol. The normalized spacial score (nSPS) is 15.3. The molecule has 284 valence electrons. The highest BCUT2D eigenvalue weighted by Crippen LogP contribution is 2.50. The van der Waals surface area contributed by atoms with Crippen LogP contribution in [0.5, 0.6) is 0 Å². The molecule has 0 saturated carbocycles. The molecule has 0 spiro atoms. The second kappa shape index (κ2) is 21.4. The Hall–Kier alpha value is -4.48. The van der Waals surface area contributed by atoms with Gasteiger partial charge in [-0.05, 0) is 27.8 Å². The maximum Gasteiger partial charge on any atom is 0.233 e. The maximum atomic E-state index is 14.0. The van der Waals surface area contributed by atoms with Gasteiger partial charge in [-0.2, -0.15) is 0 Å². The minimum Gasteiger partial charge on any atom is -0.387 e. The summed E-state index contributed by atoms with van der Waals surface area (Å²) in [5.41, 5.74) is 4.05. The van der Waals surface area contributed by atoms with E-state index >= 15 is 0 Å². The summed E-state index contributed by atoms with van der Waals surface area (Å²) in [6.07, 6.45) is -4.74. The van der Waals surface area contributed by atoms with Crippen molar-refractivity contribution in [2.45, 2.75) is 63.3 Å². The first-order valence-electron chi connectivity index (χ1n) is 17.8. The van der Waals surface area contributed by atoms with Crippen molar-refractivity contribution in [2.24, 2.45) is 0 Å². The van der Waals surface area contributed by atoms with Crippen molar-refractivity contribution in [3.05, 3.63) is 179 Å². The highest BCUT2D eigenvalue weighted by atomic mass is 31.2. The fourth-order valence-corrected chi connectivity index (χ4v) is 6.98. The Morgan fingerprint density at radius 3 is 1.35 bits per heavy atom. The van der Waals surface area contributed by atoms with E-state index in [1.165, 1.54) is 6.66 Å². The van der Waals surface area contributed by atoms with Crippen molar-refractivity contribution < 1.29 is 43.1 Å². The molecule has 10 nitrogen and oxygen atoms in total. The molecule has 6 atom stereocenters. The average Bonchev–Trinajstić information content (AvgIpc) is 3.22. The van der Waals surface area contributed by atoms with Crippen LogP contribution in [-0.4, -0.2) is 65.2 Å². The molecule has 0 bridgehead atoms. The van der Waals surface area contributed by atoms with E-state index in [1.54, 1.807) is 0 Å². The van der Waals surface area contributed by atoms with E-state index in [0.29, 0.717) is 6.41 Å². The third-order valence-corrected chi connectivity index (χ3v) is 10.6. The highest BCUT2D eigenvalue weighted by Gasteiger charge is 2.45. The molecular weight excluding hydrogens is 705 g/mol. The van der Waals surface area contributed by atoms with Crippen LogP contribution in [0.1, 0.15) is 27.8 Å². The molecule has 0 aliphatic rings. The zero-order valence-corrected chi connectivity index (χ0v) is 31.2. The number of hydrogen-bond acceptors (Lipinski definition) is 9. The van der Waals surface area contributed by atoms with Gasteiger partial charge < -0.3 is 28.9 Å². The minimum absolute atomic E-state index is 0.00663. The summed E-state index contributed by atoms with van der Waals surface area (Å²) in [5, 5.41) is 24.8. The Labute approximate surface area is 317 Å². The monoisotopic (exact) mass is 753 g/mol. The van der Waals surface area contributed by atoms with Crippen LogP contribution < -0.4 is 0 Å². The van der Waals surface area contributed by atoms with Gasteiger partial charge in [-0.1, -0.05) is 152 Å². The fourth-order valence-electron chi connectivity index (χ4n) is 5.70. The van der Waals surface area contributed by atoms with Crippen LogP contribution in [0, 0.1) is 0 Å². The van der Waals surface area contributed by atoms with Crippen molar-refractivity contribution in [1.82, 2.24) is 5.06 Å². The van der Waals surface area contributed by atoms with E-state index in [-0.39, 0.29) is 39.6 Å². The maximum absolute atomic E-state index is 14.0. The van der Waals surface area contributed by atoms with E-state index in [9.17, 15) is 19.6 Å². The lowest BCUT2D eigenvalue weighted by Gasteiger charge is -2.39. The van der Waals surface area contributed by atoms with E-state index < -0.39 is 37.6 Å². The summed E-state index contributed by atoms with van der Waals surface area (Å²) in [5.74, 6) is -1.88. The molecule has 0 radical (unpaired) electrons. The van der Waals surface area contributed by atoms with Crippen molar-refractivity contribution >= 4 is 13.8 Å². The molecule has 5 rings (SSSR count). The van der Waals surface area contributed by atoms with Crippen molar-refractivity contribution in [2.75, 3.05) is 13.2 Å². The molecule has 5 aromatic carbocycles. The topological polar surface area (TPSA) is 124 Å². The van der Waals surface area contributed by atoms with E-state index in [2.05, 4.69) is 0 Å². The van der Waals surface area contributed by atoms with Crippen LogP contribution in [0.4, 0.5) is 0 Å². The van der Waals surface area contributed by atoms with Gasteiger partial charge >= 0.3 is 0 Å². The SMILES string of the molecule is CP(=O)(OCc1ccccc1)C(O)C(O)[C@@H](OCc1ccccc1)[C@@H](OCc1ccccc1)[C@H](CN(C=O)OCc1ccccc1)OCc1ccccc1. The van der Waals surface area contributed by atoms with Crippen LogP contribution in [0.25, 0.3) is 0 Å². The first-order chi connectivity index (χ1) is 26.3. The first kappa shape index (κ1) is 40.7. The minimum atomic E-state index is -3.90. The molecular formula is C43H48NO9P. The van der Waals surface area contributed by atoms with Crippen molar-refractivity contribution in [3.8, 4) is 0 Å². The standard InChI is InChI=1S/C43H48NO9P/c1-54(48,53-32-38-25-15-6-16-26-38)43(47)40(46)42(51-30-36-21-11-4-12-22-36)41(50-29-35-19-9-3-10-20-35)39(49-28-34-17-7-2-8-18-34)27-44(33-45)52-31-37-23-13-5-14-24-37/h2-26,33,39-43,46-47H,27-32H2,1H3/t39-,40?,41-,42+,43?,54?/m0/s1. The van der Waals surface area contributed by atoms with Gasteiger partial charge in [-0.15, -0.1) is 0 Å². The van der Waals surface area contributed by atoms with Crippen molar-refractivity contribution in [1.29, 1.82) is 0 Å². The number of hydrogen-bond donors (Lipinski definition) is 2. The quantitative estimate of drug-likeness (QED) is 0.0407. The number of amides is 1. The second-order valence-electron chi connectivity index (χ2n) is 12.9. The van der Waals surface area contributed by atoms with Gasteiger partial charge in [0.15, 0.2) is 5.85 Å². The number of aliphatic hydroxyl groups is 2. The van der Waals surface area contributed by atoms with Gasteiger partial charge in [-0.25, -0.2) is 5.06 Å². The van der Waals surface area contributed by atoms with E-state index in [1.807, 2.05) is 152 Å². The number of ether oxygens (including phenoxy) is 3. The van der Waals surface area contributed by atoms with Crippen molar-refractivity contribution in [3.63, 3.8) is 0 Å². The van der Waals surface area contributed by atoms with E-state index in [0.717, 1.165) is 32.9 Å². The average molecular weight is 754 g/mol.